The van der Waals surface area contributed by atoms with E-state index in [2.05, 4.69) is 14.9 Å². The second-order valence-electron chi connectivity index (χ2n) is 6.71. The first-order valence-corrected chi connectivity index (χ1v) is 8.30. The van der Waals surface area contributed by atoms with Gasteiger partial charge in [-0.25, -0.2) is 14.8 Å². The Kier molecular flexibility index (Phi) is 5.70. The van der Waals surface area contributed by atoms with Gasteiger partial charge in [0.15, 0.2) is 0 Å². The zero-order valence-electron chi connectivity index (χ0n) is 13.8. The average molecular weight is 361 g/mol. The number of carbonyl (C=O) groups excluding carboxylic acids is 1. The van der Waals surface area contributed by atoms with Crippen molar-refractivity contribution in [2.75, 3.05) is 19.6 Å². The molecule has 1 aliphatic heterocycles. The molecule has 1 amide bonds. The molecule has 128 valence electrons. The minimum Gasteiger partial charge on any atom is -0.444 e. The first kappa shape index (κ1) is 18.2. The molecule has 2 heterocycles. The fraction of sp³-hybridized carbons (Fsp3) is 0.667. The van der Waals surface area contributed by atoms with E-state index in [9.17, 15) is 4.79 Å². The van der Waals surface area contributed by atoms with E-state index in [4.69, 9.17) is 27.9 Å². The van der Waals surface area contributed by atoms with E-state index in [1.807, 2.05) is 27.7 Å². The highest BCUT2D eigenvalue weighted by atomic mass is 35.5. The molecule has 1 saturated heterocycles. The minimum absolute atomic E-state index is 0.0607. The van der Waals surface area contributed by atoms with Crippen molar-refractivity contribution >= 4 is 29.3 Å². The number of piperazine rings is 1. The van der Waals surface area contributed by atoms with Crippen LogP contribution < -0.4 is 0 Å². The van der Waals surface area contributed by atoms with E-state index in [1.54, 1.807) is 11.1 Å². The first-order chi connectivity index (χ1) is 10.7. The molecule has 2 rings (SSSR count). The smallest absolute Gasteiger partial charge is 0.410 e. The number of carbonyl (C=O) groups is 1. The third-order valence-electron chi connectivity index (χ3n) is 3.52. The summed E-state index contributed by atoms with van der Waals surface area (Å²) in [7, 11) is 0. The van der Waals surface area contributed by atoms with Crippen LogP contribution in [0.25, 0.3) is 0 Å². The molecule has 8 heteroatoms. The van der Waals surface area contributed by atoms with Gasteiger partial charge in [0.05, 0.1) is 0 Å². The van der Waals surface area contributed by atoms with Gasteiger partial charge in [-0.1, -0.05) is 11.6 Å². The van der Waals surface area contributed by atoms with Crippen LogP contribution in [-0.4, -0.2) is 57.1 Å². The fourth-order valence-electron chi connectivity index (χ4n) is 2.48. The maximum Gasteiger partial charge on any atom is 0.410 e. The summed E-state index contributed by atoms with van der Waals surface area (Å²) in [5, 5.41) is 0.508. The lowest BCUT2D eigenvalue weighted by Gasteiger charge is -2.40. The van der Waals surface area contributed by atoms with Gasteiger partial charge in [-0.05, 0) is 39.3 Å². The summed E-state index contributed by atoms with van der Waals surface area (Å²) in [6.45, 7) is 10.3. The minimum atomic E-state index is -0.484. The third kappa shape index (κ3) is 5.19. The summed E-state index contributed by atoms with van der Waals surface area (Å²) in [6, 6.07) is 0.0607. The van der Waals surface area contributed by atoms with Crippen LogP contribution >= 0.6 is 23.2 Å². The first-order valence-electron chi connectivity index (χ1n) is 7.54. The lowest BCUT2D eigenvalue weighted by atomic mass is 10.1. The molecule has 0 saturated carbocycles. The normalized spacial score (nSPS) is 19.7. The number of nitrogens with zero attached hydrogens (tertiary/aromatic N) is 4. The summed E-state index contributed by atoms with van der Waals surface area (Å²) in [5.41, 5.74) is 0.344. The highest BCUT2D eigenvalue weighted by Gasteiger charge is 2.31. The molecule has 1 unspecified atom stereocenters. The van der Waals surface area contributed by atoms with Gasteiger partial charge in [-0.2, -0.15) is 0 Å². The number of rotatable bonds is 2. The molecular formula is C15H22Cl2N4O2. The lowest BCUT2D eigenvalue weighted by molar-refractivity contribution is 0.000539. The monoisotopic (exact) mass is 360 g/mol. The van der Waals surface area contributed by atoms with Crippen LogP contribution in [0.15, 0.2) is 6.20 Å². The predicted molar refractivity (Wildman–Crippen MR) is 89.7 cm³/mol. The Bertz CT molecular complexity index is 577. The summed E-state index contributed by atoms with van der Waals surface area (Å²) >= 11 is 11.8. The molecule has 1 aliphatic rings. The van der Waals surface area contributed by atoms with E-state index in [0.717, 1.165) is 18.7 Å². The van der Waals surface area contributed by atoms with Gasteiger partial charge in [0, 0.05) is 44.0 Å². The van der Waals surface area contributed by atoms with E-state index < -0.39 is 5.60 Å². The van der Waals surface area contributed by atoms with Gasteiger partial charge in [0.1, 0.15) is 10.8 Å². The van der Waals surface area contributed by atoms with Crippen LogP contribution in [0.3, 0.4) is 0 Å². The van der Waals surface area contributed by atoms with Crippen molar-refractivity contribution in [3.63, 3.8) is 0 Å². The largest absolute Gasteiger partial charge is 0.444 e. The summed E-state index contributed by atoms with van der Waals surface area (Å²) in [4.78, 5) is 24.1. The Hall–Kier alpha value is -1.11. The average Bonchev–Trinajstić information content (AvgIpc) is 2.40. The zero-order chi connectivity index (χ0) is 17.2. The van der Waals surface area contributed by atoms with E-state index in [-0.39, 0.29) is 17.4 Å². The zero-order valence-corrected chi connectivity index (χ0v) is 15.4. The van der Waals surface area contributed by atoms with Gasteiger partial charge in [0.2, 0.25) is 5.28 Å². The van der Waals surface area contributed by atoms with Crippen LogP contribution in [0.2, 0.25) is 10.4 Å². The summed E-state index contributed by atoms with van der Waals surface area (Å²) in [5.74, 6) is 0. The van der Waals surface area contributed by atoms with Crippen molar-refractivity contribution in [3.05, 3.63) is 22.2 Å². The molecule has 6 nitrogen and oxygen atoms in total. The van der Waals surface area contributed by atoms with Crippen molar-refractivity contribution in [1.29, 1.82) is 0 Å². The SMILES string of the molecule is CC1CN(Cc2cnc(Cl)nc2Cl)CCN1C(=O)OC(C)(C)C. The van der Waals surface area contributed by atoms with Crippen molar-refractivity contribution < 1.29 is 9.53 Å². The topological polar surface area (TPSA) is 58.6 Å². The maximum atomic E-state index is 12.2. The van der Waals surface area contributed by atoms with Crippen molar-refractivity contribution in [2.24, 2.45) is 0 Å². The number of amides is 1. The third-order valence-corrected chi connectivity index (χ3v) is 4.03. The molecule has 23 heavy (non-hydrogen) atoms. The Labute approximate surface area is 146 Å². The van der Waals surface area contributed by atoms with Crippen molar-refractivity contribution in [2.45, 2.75) is 45.9 Å². The molecular weight excluding hydrogens is 339 g/mol. The Balaban J connectivity index is 1.94. The van der Waals surface area contributed by atoms with Gasteiger partial charge >= 0.3 is 6.09 Å². The molecule has 0 aliphatic carbocycles. The lowest BCUT2D eigenvalue weighted by Crippen LogP contribution is -2.54. The molecule has 0 aromatic carbocycles. The number of aromatic nitrogens is 2. The van der Waals surface area contributed by atoms with E-state index in [1.165, 1.54) is 0 Å². The molecule has 1 aromatic heterocycles. The van der Waals surface area contributed by atoms with Gasteiger partial charge < -0.3 is 9.64 Å². The standard InChI is InChI=1S/C15H22Cl2N4O2/c1-10-8-20(9-11-7-18-13(17)19-12(11)16)5-6-21(10)14(22)23-15(2,3)4/h7,10H,5-6,8-9H2,1-4H3. The fourth-order valence-corrected chi connectivity index (χ4v) is 2.85. The van der Waals surface area contributed by atoms with Gasteiger partial charge in [0.25, 0.3) is 0 Å². The number of ether oxygens (including phenoxy) is 1. The van der Waals surface area contributed by atoms with Crippen LogP contribution in [0.1, 0.15) is 33.3 Å². The molecule has 0 radical (unpaired) electrons. The maximum absolute atomic E-state index is 12.2. The van der Waals surface area contributed by atoms with Gasteiger partial charge in [-0.3, -0.25) is 4.90 Å². The molecule has 0 bridgehead atoms. The van der Waals surface area contributed by atoms with Crippen LogP contribution in [0.4, 0.5) is 4.79 Å². The second kappa shape index (κ2) is 7.20. The molecule has 0 N–H and O–H groups in total. The van der Waals surface area contributed by atoms with Crippen LogP contribution in [-0.2, 0) is 11.3 Å². The van der Waals surface area contributed by atoms with Crippen LogP contribution in [0.5, 0.6) is 0 Å². The molecule has 0 spiro atoms. The Morgan fingerprint density at radius 3 is 2.65 bits per heavy atom. The molecule has 1 atom stereocenters. The highest BCUT2D eigenvalue weighted by molar-refractivity contribution is 6.32. The van der Waals surface area contributed by atoms with E-state index in [0.29, 0.717) is 18.2 Å². The van der Waals surface area contributed by atoms with Crippen molar-refractivity contribution in [3.8, 4) is 0 Å². The Morgan fingerprint density at radius 1 is 1.39 bits per heavy atom. The Morgan fingerprint density at radius 2 is 2.09 bits per heavy atom. The molecule has 1 fully saturated rings. The summed E-state index contributed by atoms with van der Waals surface area (Å²) in [6.07, 6.45) is 1.38. The number of hydrogen-bond acceptors (Lipinski definition) is 5. The second-order valence-corrected chi connectivity index (χ2v) is 7.41. The van der Waals surface area contributed by atoms with Crippen molar-refractivity contribution in [1.82, 2.24) is 19.8 Å². The summed E-state index contributed by atoms with van der Waals surface area (Å²) < 4.78 is 5.45. The highest BCUT2D eigenvalue weighted by Crippen LogP contribution is 2.20. The quantitative estimate of drug-likeness (QED) is 0.598. The predicted octanol–water partition coefficient (Wildman–Crippen LogP) is 3.22. The van der Waals surface area contributed by atoms with Gasteiger partial charge in [-0.15, -0.1) is 0 Å². The van der Waals surface area contributed by atoms with Crippen LogP contribution in [0, 0.1) is 0 Å². The van der Waals surface area contributed by atoms with E-state index >= 15 is 0 Å². The molecule has 1 aromatic rings. The number of halogens is 2. The number of hydrogen-bond donors (Lipinski definition) is 0.